The van der Waals surface area contributed by atoms with Crippen LogP contribution >= 0.6 is 11.6 Å². The van der Waals surface area contributed by atoms with Gasteiger partial charge in [-0.1, -0.05) is 11.6 Å². The molecule has 0 aromatic heterocycles. The van der Waals surface area contributed by atoms with Crippen molar-refractivity contribution in [1.82, 2.24) is 5.32 Å². The normalized spacial score (nSPS) is 14.2. The van der Waals surface area contributed by atoms with Crippen molar-refractivity contribution >= 4 is 17.5 Å². The molecule has 3 N–H and O–H groups in total. The third-order valence-corrected chi connectivity index (χ3v) is 2.81. The molecule has 0 heterocycles. The molecule has 1 atom stereocenters. The fourth-order valence-electron chi connectivity index (χ4n) is 1.21. The zero-order valence-corrected chi connectivity index (χ0v) is 10.6. The van der Waals surface area contributed by atoms with Gasteiger partial charge in [-0.15, -0.1) is 0 Å². The highest BCUT2D eigenvalue weighted by Crippen LogP contribution is 2.16. The van der Waals surface area contributed by atoms with Gasteiger partial charge in [-0.25, -0.2) is 0 Å². The van der Waals surface area contributed by atoms with Gasteiger partial charge in [0.1, 0.15) is 5.60 Å². The zero-order chi connectivity index (χ0) is 13.1. The van der Waals surface area contributed by atoms with E-state index in [9.17, 15) is 9.90 Å². The van der Waals surface area contributed by atoms with Gasteiger partial charge in [-0.2, -0.15) is 0 Å². The number of rotatable bonds is 4. The number of hydrogen-bond acceptors (Lipinski definition) is 3. The number of hydrogen-bond donors (Lipinski definition) is 3. The standard InChI is InChI=1S/C12H16ClNO3/c1-8-5-9(3-4-10(8)13)11(16)14-6-12(2,17)7-15/h3-5,15,17H,6-7H2,1-2H3,(H,14,16). The Kier molecular flexibility index (Phi) is 4.51. The minimum atomic E-state index is -1.31. The number of carbonyl (C=O) groups is 1. The van der Waals surface area contributed by atoms with Gasteiger partial charge in [0, 0.05) is 17.1 Å². The quantitative estimate of drug-likeness (QED) is 0.757. The number of aliphatic hydroxyl groups is 2. The summed E-state index contributed by atoms with van der Waals surface area (Å²) in [6.07, 6.45) is 0. The third-order valence-electron chi connectivity index (χ3n) is 2.39. The van der Waals surface area contributed by atoms with Crippen LogP contribution in [0.4, 0.5) is 0 Å². The smallest absolute Gasteiger partial charge is 0.251 e. The summed E-state index contributed by atoms with van der Waals surface area (Å²) in [6.45, 7) is 2.83. The van der Waals surface area contributed by atoms with Crippen molar-refractivity contribution in [2.24, 2.45) is 0 Å². The molecule has 1 unspecified atom stereocenters. The largest absolute Gasteiger partial charge is 0.393 e. The number of benzene rings is 1. The van der Waals surface area contributed by atoms with E-state index in [4.69, 9.17) is 16.7 Å². The minimum absolute atomic E-state index is 0.00991. The van der Waals surface area contributed by atoms with Crippen LogP contribution < -0.4 is 5.32 Å². The van der Waals surface area contributed by atoms with E-state index in [1.807, 2.05) is 6.92 Å². The molecule has 0 aliphatic carbocycles. The van der Waals surface area contributed by atoms with E-state index in [1.54, 1.807) is 18.2 Å². The summed E-state index contributed by atoms with van der Waals surface area (Å²) in [5, 5.41) is 21.5. The van der Waals surface area contributed by atoms with Gasteiger partial charge in [0.15, 0.2) is 0 Å². The SMILES string of the molecule is Cc1cc(C(=O)NCC(C)(O)CO)ccc1Cl. The lowest BCUT2D eigenvalue weighted by Gasteiger charge is -2.20. The van der Waals surface area contributed by atoms with Crippen molar-refractivity contribution in [2.45, 2.75) is 19.4 Å². The first kappa shape index (κ1) is 14.0. The van der Waals surface area contributed by atoms with Gasteiger partial charge >= 0.3 is 0 Å². The summed E-state index contributed by atoms with van der Waals surface area (Å²) in [6, 6.07) is 4.93. The van der Waals surface area contributed by atoms with Crippen molar-refractivity contribution in [3.8, 4) is 0 Å². The number of amides is 1. The van der Waals surface area contributed by atoms with Gasteiger partial charge in [0.05, 0.1) is 6.61 Å². The Hall–Kier alpha value is -1.10. The van der Waals surface area contributed by atoms with Crippen LogP contribution in [0.15, 0.2) is 18.2 Å². The van der Waals surface area contributed by atoms with Crippen molar-refractivity contribution in [3.63, 3.8) is 0 Å². The summed E-state index contributed by atoms with van der Waals surface area (Å²) < 4.78 is 0. The molecule has 0 bridgehead atoms. The molecule has 1 rings (SSSR count). The van der Waals surface area contributed by atoms with Crippen LogP contribution in [-0.4, -0.2) is 34.9 Å². The first-order valence-electron chi connectivity index (χ1n) is 5.23. The number of aliphatic hydroxyl groups excluding tert-OH is 1. The molecule has 0 saturated carbocycles. The molecule has 0 spiro atoms. The van der Waals surface area contributed by atoms with E-state index < -0.39 is 12.2 Å². The first-order chi connectivity index (χ1) is 7.85. The Morgan fingerprint density at radius 3 is 2.71 bits per heavy atom. The monoisotopic (exact) mass is 257 g/mol. The second-order valence-electron chi connectivity index (χ2n) is 4.30. The molecule has 1 aromatic carbocycles. The first-order valence-corrected chi connectivity index (χ1v) is 5.61. The molecule has 17 heavy (non-hydrogen) atoms. The Morgan fingerprint density at radius 2 is 2.18 bits per heavy atom. The summed E-state index contributed by atoms with van der Waals surface area (Å²) in [4.78, 5) is 11.7. The molecule has 94 valence electrons. The van der Waals surface area contributed by atoms with Gasteiger partial charge in [-0.05, 0) is 37.6 Å². The topological polar surface area (TPSA) is 69.6 Å². The zero-order valence-electron chi connectivity index (χ0n) is 9.83. The number of nitrogens with one attached hydrogen (secondary N) is 1. The highest BCUT2D eigenvalue weighted by atomic mass is 35.5. The number of aryl methyl sites for hydroxylation is 1. The molecule has 0 aliphatic rings. The summed E-state index contributed by atoms with van der Waals surface area (Å²) in [7, 11) is 0. The molecule has 0 saturated heterocycles. The predicted octanol–water partition coefficient (Wildman–Crippen LogP) is 1.12. The maximum absolute atomic E-state index is 11.7. The van der Waals surface area contributed by atoms with Crippen LogP contribution in [0.3, 0.4) is 0 Å². The molecular weight excluding hydrogens is 242 g/mol. The predicted molar refractivity (Wildman–Crippen MR) is 66.2 cm³/mol. The van der Waals surface area contributed by atoms with Crippen LogP contribution in [0, 0.1) is 6.92 Å². The van der Waals surface area contributed by atoms with Crippen LogP contribution in [0.2, 0.25) is 5.02 Å². The highest BCUT2D eigenvalue weighted by molar-refractivity contribution is 6.31. The van der Waals surface area contributed by atoms with E-state index >= 15 is 0 Å². The fourth-order valence-corrected chi connectivity index (χ4v) is 1.33. The van der Waals surface area contributed by atoms with Crippen LogP contribution in [0.25, 0.3) is 0 Å². The van der Waals surface area contributed by atoms with E-state index in [0.717, 1.165) is 5.56 Å². The van der Waals surface area contributed by atoms with Crippen LogP contribution in [0.5, 0.6) is 0 Å². The van der Waals surface area contributed by atoms with E-state index in [-0.39, 0.29) is 12.5 Å². The second-order valence-corrected chi connectivity index (χ2v) is 4.71. The molecule has 0 radical (unpaired) electrons. The van der Waals surface area contributed by atoms with Gasteiger partial charge < -0.3 is 15.5 Å². The maximum Gasteiger partial charge on any atom is 0.251 e. The Bertz CT molecular complexity index is 418. The Morgan fingerprint density at radius 1 is 1.53 bits per heavy atom. The van der Waals surface area contributed by atoms with Gasteiger partial charge in [0.25, 0.3) is 5.91 Å². The molecule has 0 aliphatic heterocycles. The summed E-state index contributed by atoms with van der Waals surface area (Å²) >= 11 is 5.85. The van der Waals surface area contributed by atoms with Crippen LogP contribution in [-0.2, 0) is 0 Å². The summed E-state index contributed by atoms with van der Waals surface area (Å²) in [5.74, 6) is -0.307. The molecule has 0 fully saturated rings. The molecular formula is C12H16ClNO3. The number of carbonyl (C=O) groups excluding carboxylic acids is 1. The van der Waals surface area contributed by atoms with Gasteiger partial charge in [0.2, 0.25) is 0 Å². The Labute approximate surface area is 105 Å². The van der Waals surface area contributed by atoms with E-state index in [0.29, 0.717) is 10.6 Å². The van der Waals surface area contributed by atoms with Crippen molar-refractivity contribution < 1.29 is 15.0 Å². The average molecular weight is 258 g/mol. The van der Waals surface area contributed by atoms with Gasteiger partial charge in [-0.3, -0.25) is 4.79 Å². The lowest BCUT2D eigenvalue weighted by atomic mass is 10.1. The average Bonchev–Trinajstić information content (AvgIpc) is 2.30. The minimum Gasteiger partial charge on any atom is -0.393 e. The second kappa shape index (κ2) is 5.49. The highest BCUT2D eigenvalue weighted by Gasteiger charge is 2.20. The van der Waals surface area contributed by atoms with Crippen LogP contribution in [0.1, 0.15) is 22.8 Å². The lowest BCUT2D eigenvalue weighted by Crippen LogP contribution is -2.43. The Balaban J connectivity index is 2.68. The molecule has 4 nitrogen and oxygen atoms in total. The van der Waals surface area contributed by atoms with E-state index in [1.165, 1.54) is 6.92 Å². The van der Waals surface area contributed by atoms with Crippen molar-refractivity contribution in [2.75, 3.05) is 13.2 Å². The fraction of sp³-hybridized carbons (Fsp3) is 0.417. The van der Waals surface area contributed by atoms with Crippen molar-refractivity contribution in [3.05, 3.63) is 34.3 Å². The molecule has 5 heteroatoms. The summed E-state index contributed by atoms with van der Waals surface area (Å²) in [5.41, 5.74) is -0.0224. The lowest BCUT2D eigenvalue weighted by molar-refractivity contribution is 0.00320. The van der Waals surface area contributed by atoms with E-state index in [2.05, 4.69) is 5.32 Å². The number of halogens is 1. The molecule has 1 aromatic rings. The maximum atomic E-state index is 11.7. The molecule has 1 amide bonds. The van der Waals surface area contributed by atoms with Crippen molar-refractivity contribution in [1.29, 1.82) is 0 Å². The third kappa shape index (κ3) is 4.00.